The van der Waals surface area contributed by atoms with Gasteiger partial charge in [0, 0.05) is 11.6 Å². The molecule has 5 nitrogen and oxygen atoms in total. The van der Waals surface area contributed by atoms with Gasteiger partial charge in [0.2, 0.25) is 0 Å². The number of piperidine rings is 1. The van der Waals surface area contributed by atoms with E-state index in [1.165, 1.54) is 18.2 Å². The number of nitrogens with one attached hydrogen (secondary N) is 1. The molecule has 1 amide bonds. The molecule has 2 heterocycles. The van der Waals surface area contributed by atoms with Crippen LogP contribution >= 0.6 is 11.6 Å². The lowest BCUT2D eigenvalue weighted by molar-refractivity contribution is 0.0595. The van der Waals surface area contributed by atoms with Crippen molar-refractivity contribution in [3.8, 4) is 0 Å². The Bertz CT molecular complexity index is 703. The number of amides is 1. The first-order valence-corrected chi connectivity index (χ1v) is 7.59. The Morgan fingerprint density at radius 1 is 1.45 bits per heavy atom. The van der Waals surface area contributed by atoms with Crippen molar-refractivity contribution in [3.05, 3.63) is 46.3 Å². The van der Waals surface area contributed by atoms with Gasteiger partial charge in [0.15, 0.2) is 5.82 Å². The van der Waals surface area contributed by atoms with Crippen LogP contribution in [-0.2, 0) is 0 Å². The van der Waals surface area contributed by atoms with Crippen molar-refractivity contribution in [3.63, 3.8) is 0 Å². The number of carbonyl (C=O) groups is 1. The number of benzene rings is 1. The van der Waals surface area contributed by atoms with Crippen LogP contribution in [0.5, 0.6) is 0 Å². The molecule has 1 saturated heterocycles. The first-order valence-electron chi connectivity index (χ1n) is 7.21. The predicted molar refractivity (Wildman–Crippen MR) is 80.2 cm³/mol. The fourth-order valence-corrected chi connectivity index (χ4v) is 2.94. The van der Waals surface area contributed by atoms with Crippen LogP contribution in [0.4, 0.5) is 4.39 Å². The Balaban J connectivity index is 1.93. The van der Waals surface area contributed by atoms with Crippen molar-refractivity contribution >= 4 is 17.5 Å². The second-order valence-electron chi connectivity index (χ2n) is 5.41. The molecule has 1 aromatic heterocycles. The summed E-state index contributed by atoms with van der Waals surface area (Å²) in [7, 11) is 0. The van der Waals surface area contributed by atoms with E-state index >= 15 is 0 Å². The molecule has 1 N–H and O–H groups in total. The number of H-pyrrole nitrogens is 1. The van der Waals surface area contributed by atoms with Crippen molar-refractivity contribution in [1.82, 2.24) is 20.1 Å². The second kappa shape index (κ2) is 6.04. The van der Waals surface area contributed by atoms with Crippen LogP contribution in [0, 0.1) is 12.7 Å². The lowest BCUT2D eigenvalue weighted by atomic mass is 10.00. The van der Waals surface area contributed by atoms with Gasteiger partial charge in [0.05, 0.1) is 11.6 Å². The highest BCUT2D eigenvalue weighted by molar-refractivity contribution is 6.31. The molecular formula is C15H16ClFN4O. The van der Waals surface area contributed by atoms with Crippen molar-refractivity contribution in [1.29, 1.82) is 0 Å². The average Bonchev–Trinajstić information content (AvgIpc) is 2.95. The van der Waals surface area contributed by atoms with E-state index in [1.807, 2.05) is 6.92 Å². The zero-order chi connectivity index (χ0) is 15.7. The molecule has 0 unspecified atom stereocenters. The first kappa shape index (κ1) is 15.0. The van der Waals surface area contributed by atoms with E-state index in [4.69, 9.17) is 11.6 Å². The largest absolute Gasteiger partial charge is 0.328 e. The van der Waals surface area contributed by atoms with Gasteiger partial charge in [-0.3, -0.25) is 9.89 Å². The van der Waals surface area contributed by atoms with Gasteiger partial charge in [-0.05, 0) is 44.4 Å². The Morgan fingerprint density at radius 3 is 3.00 bits per heavy atom. The summed E-state index contributed by atoms with van der Waals surface area (Å²) in [6.45, 7) is 2.37. The summed E-state index contributed by atoms with van der Waals surface area (Å²) in [6, 6.07) is 3.78. The number of rotatable bonds is 2. The highest BCUT2D eigenvalue weighted by Crippen LogP contribution is 2.31. The molecule has 0 bridgehead atoms. The van der Waals surface area contributed by atoms with Gasteiger partial charge in [-0.15, -0.1) is 0 Å². The lowest BCUT2D eigenvalue weighted by Crippen LogP contribution is -2.39. The van der Waals surface area contributed by atoms with Gasteiger partial charge in [-0.25, -0.2) is 9.37 Å². The molecule has 1 atom stereocenters. The molecule has 7 heteroatoms. The maximum Gasteiger partial charge on any atom is 0.257 e. The second-order valence-corrected chi connectivity index (χ2v) is 5.85. The van der Waals surface area contributed by atoms with Crippen molar-refractivity contribution < 1.29 is 9.18 Å². The van der Waals surface area contributed by atoms with Crippen LogP contribution in [0.3, 0.4) is 0 Å². The molecule has 0 spiro atoms. The minimum atomic E-state index is -0.565. The van der Waals surface area contributed by atoms with Crippen LogP contribution in [0.2, 0.25) is 5.02 Å². The average molecular weight is 323 g/mol. The maximum atomic E-state index is 14.0. The Kier molecular flexibility index (Phi) is 4.11. The third kappa shape index (κ3) is 2.83. The number of nitrogens with zero attached hydrogens (tertiary/aromatic N) is 3. The molecule has 3 rings (SSSR count). The summed E-state index contributed by atoms with van der Waals surface area (Å²) >= 11 is 5.89. The quantitative estimate of drug-likeness (QED) is 0.923. The topological polar surface area (TPSA) is 61.9 Å². The monoisotopic (exact) mass is 322 g/mol. The SMILES string of the molecule is Cc1nc([C@H]2CCCCN2C(=O)c2cc(Cl)ccc2F)n[nH]1. The Labute approximate surface area is 132 Å². The van der Waals surface area contributed by atoms with E-state index in [1.54, 1.807) is 4.90 Å². The fraction of sp³-hybridized carbons (Fsp3) is 0.400. The molecule has 116 valence electrons. The van der Waals surface area contributed by atoms with Gasteiger partial charge >= 0.3 is 0 Å². The minimum Gasteiger partial charge on any atom is -0.328 e. The standard InChI is InChI=1S/C15H16ClFN4O/c1-9-18-14(20-19-9)13-4-2-3-7-21(13)15(22)11-8-10(16)5-6-12(11)17/h5-6,8,13H,2-4,7H2,1H3,(H,18,19,20)/t13-/m1/s1. The minimum absolute atomic E-state index is 0.00772. The first-order chi connectivity index (χ1) is 10.6. The van der Waals surface area contributed by atoms with E-state index in [0.29, 0.717) is 23.2 Å². The Hall–Kier alpha value is -1.95. The van der Waals surface area contributed by atoms with Crippen LogP contribution in [-0.4, -0.2) is 32.5 Å². The number of halogens is 2. The summed E-state index contributed by atoms with van der Waals surface area (Å²) in [5.74, 6) is 0.340. The van der Waals surface area contributed by atoms with E-state index < -0.39 is 5.82 Å². The molecule has 1 fully saturated rings. The third-order valence-electron chi connectivity index (χ3n) is 3.84. The highest BCUT2D eigenvalue weighted by atomic mass is 35.5. The Morgan fingerprint density at radius 2 is 2.27 bits per heavy atom. The van der Waals surface area contributed by atoms with Gasteiger partial charge < -0.3 is 4.90 Å². The van der Waals surface area contributed by atoms with Gasteiger partial charge in [0.25, 0.3) is 5.91 Å². The van der Waals surface area contributed by atoms with Crippen LogP contribution < -0.4 is 0 Å². The molecule has 1 aliphatic rings. The molecule has 0 saturated carbocycles. The zero-order valence-electron chi connectivity index (χ0n) is 12.1. The smallest absolute Gasteiger partial charge is 0.257 e. The molecule has 0 aliphatic carbocycles. The van der Waals surface area contributed by atoms with Crippen molar-refractivity contribution in [2.45, 2.75) is 32.2 Å². The number of hydrogen-bond donors (Lipinski definition) is 1. The zero-order valence-corrected chi connectivity index (χ0v) is 12.9. The van der Waals surface area contributed by atoms with E-state index in [-0.39, 0.29) is 17.5 Å². The summed E-state index contributed by atoms with van der Waals surface area (Å²) in [5, 5.41) is 7.29. The van der Waals surface area contributed by atoms with Crippen molar-refractivity contribution in [2.24, 2.45) is 0 Å². The summed E-state index contributed by atoms with van der Waals surface area (Å²) in [5.41, 5.74) is -0.00772. The van der Waals surface area contributed by atoms with Gasteiger partial charge in [-0.2, -0.15) is 5.10 Å². The molecule has 2 aromatic rings. The van der Waals surface area contributed by atoms with Crippen LogP contribution in [0.25, 0.3) is 0 Å². The predicted octanol–water partition coefficient (Wildman–Crippen LogP) is 3.27. The molecule has 22 heavy (non-hydrogen) atoms. The van der Waals surface area contributed by atoms with E-state index in [2.05, 4.69) is 15.2 Å². The number of aromatic nitrogens is 3. The summed E-state index contributed by atoms with van der Waals surface area (Å²) in [4.78, 5) is 18.7. The van der Waals surface area contributed by atoms with E-state index in [9.17, 15) is 9.18 Å². The number of hydrogen-bond acceptors (Lipinski definition) is 3. The molecule has 1 aliphatic heterocycles. The van der Waals surface area contributed by atoms with Gasteiger partial charge in [0.1, 0.15) is 11.6 Å². The summed E-state index contributed by atoms with van der Waals surface area (Å²) < 4.78 is 14.0. The fourth-order valence-electron chi connectivity index (χ4n) is 2.77. The van der Waals surface area contributed by atoms with Crippen LogP contribution in [0.1, 0.15) is 47.3 Å². The normalized spacial score (nSPS) is 18.5. The highest BCUT2D eigenvalue weighted by Gasteiger charge is 2.32. The third-order valence-corrected chi connectivity index (χ3v) is 4.07. The lowest BCUT2D eigenvalue weighted by Gasteiger charge is -2.34. The molecule has 0 radical (unpaired) electrons. The number of carbonyl (C=O) groups excluding carboxylic acids is 1. The van der Waals surface area contributed by atoms with Crippen LogP contribution in [0.15, 0.2) is 18.2 Å². The molecular weight excluding hydrogens is 307 g/mol. The summed E-state index contributed by atoms with van der Waals surface area (Å²) in [6.07, 6.45) is 2.64. The number of likely N-dealkylation sites (tertiary alicyclic amines) is 1. The van der Waals surface area contributed by atoms with Gasteiger partial charge in [-0.1, -0.05) is 11.6 Å². The van der Waals surface area contributed by atoms with E-state index in [0.717, 1.165) is 19.3 Å². The van der Waals surface area contributed by atoms with Crippen molar-refractivity contribution in [2.75, 3.05) is 6.54 Å². The number of aryl methyl sites for hydroxylation is 1. The molecule has 1 aromatic carbocycles. The number of aromatic amines is 1. The maximum absolute atomic E-state index is 14.0.